The molecule has 0 bridgehead atoms. The molecule has 0 unspecified atom stereocenters. The van der Waals surface area contributed by atoms with Crippen LogP contribution in [0.4, 0.5) is 5.69 Å². The second-order valence-corrected chi connectivity index (χ2v) is 9.69. The van der Waals surface area contributed by atoms with E-state index >= 15 is 0 Å². The van der Waals surface area contributed by atoms with E-state index in [-0.39, 0.29) is 10.5 Å². The minimum Gasteiger partial charge on any atom is -0.495 e. The normalized spacial score (nSPS) is 14.9. The molecule has 32 heavy (non-hydrogen) atoms. The zero-order valence-corrected chi connectivity index (χ0v) is 19.2. The Labute approximate surface area is 192 Å². The number of nitrogens with zero attached hydrogens (tertiary/aromatic N) is 1. The van der Waals surface area contributed by atoms with Crippen molar-refractivity contribution in [3.8, 4) is 5.75 Å². The van der Waals surface area contributed by atoms with Crippen molar-refractivity contribution in [3.63, 3.8) is 0 Å². The van der Waals surface area contributed by atoms with Crippen molar-refractivity contribution in [3.05, 3.63) is 53.1 Å². The first-order valence-electron chi connectivity index (χ1n) is 10.2. The summed E-state index contributed by atoms with van der Waals surface area (Å²) in [5.74, 6) is -0.897. The zero-order valence-electron chi connectivity index (χ0n) is 17.7. The number of carbonyl (C=O) groups is 2. The highest BCUT2D eigenvalue weighted by molar-refractivity contribution is 7.89. The molecule has 0 radical (unpaired) electrons. The van der Waals surface area contributed by atoms with Crippen molar-refractivity contribution in [2.24, 2.45) is 0 Å². The topological polar surface area (TPSA) is 102 Å². The maximum Gasteiger partial charge on any atom is 0.338 e. The van der Waals surface area contributed by atoms with Crippen LogP contribution >= 0.6 is 11.6 Å². The molecule has 0 saturated carbocycles. The number of benzene rings is 2. The molecule has 1 fully saturated rings. The average molecular weight is 481 g/mol. The van der Waals surface area contributed by atoms with Crippen molar-refractivity contribution in [2.45, 2.75) is 30.6 Å². The number of rotatable bonds is 7. The first kappa shape index (κ1) is 24.0. The van der Waals surface area contributed by atoms with Crippen LogP contribution < -0.4 is 10.1 Å². The van der Waals surface area contributed by atoms with Crippen LogP contribution in [-0.4, -0.2) is 51.4 Å². The van der Waals surface area contributed by atoms with E-state index in [9.17, 15) is 18.0 Å². The van der Waals surface area contributed by atoms with Gasteiger partial charge in [-0.2, -0.15) is 4.31 Å². The smallest absolute Gasteiger partial charge is 0.338 e. The number of sulfonamides is 1. The van der Waals surface area contributed by atoms with Crippen molar-refractivity contribution < 1.29 is 27.5 Å². The Morgan fingerprint density at radius 2 is 1.69 bits per heavy atom. The predicted molar refractivity (Wildman–Crippen MR) is 121 cm³/mol. The first-order chi connectivity index (χ1) is 15.3. The number of halogens is 1. The molecule has 2 aromatic rings. The van der Waals surface area contributed by atoms with Crippen molar-refractivity contribution in [1.82, 2.24) is 4.31 Å². The molecular weight excluding hydrogens is 456 g/mol. The van der Waals surface area contributed by atoms with E-state index in [1.165, 1.54) is 41.7 Å². The summed E-state index contributed by atoms with van der Waals surface area (Å²) < 4.78 is 37.3. The standard InChI is InChI=1S/C22H25ClN2O6S/c1-30-20-11-8-17(23)14-19(20)24-21(26)15-31-22(27)16-6-9-18(10-7-16)32(28,29)25-12-4-2-3-5-13-25/h6-11,14H,2-5,12-13,15H2,1H3,(H,24,26). The van der Waals surface area contributed by atoms with Crippen molar-refractivity contribution >= 4 is 39.2 Å². The van der Waals surface area contributed by atoms with E-state index in [2.05, 4.69) is 5.32 Å². The van der Waals surface area contributed by atoms with Gasteiger partial charge in [-0.15, -0.1) is 0 Å². The number of hydrogen-bond acceptors (Lipinski definition) is 6. The molecule has 1 aliphatic rings. The van der Waals surface area contributed by atoms with Gasteiger partial charge < -0.3 is 14.8 Å². The molecule has 1 N–H and O–H groups in total. The van der Waals surface area contributed by atoms with Gasteiger partial charge in [0.15, 0.2) is 6.61 Å². The first-order valence-corrected chi connectivity index (χ1v) is 12.0. The minimum atomic E-state index is -3.60. The van der Waals surface area contributed by atoms with Gasteiger partial charge in [0.25, 0.3) is 5.91 Å². The lowest BCUT2D eigenvalue weighted by Gasteiger charge is -2.20. The Kier molecular flexibility index (Phi) is 8.11. The molecule has 8 nitrogen and oxygen atoms in total. The highest BCUT2D eigenvalue weighted by Gasteiger charge is 2.25. The molecule has 1 amide bonds. The van der Waals surface area contributed by atoms with Gasteiger partial charge in [0.1, 0.15) is 5.75 Å². The second-order valence-electron chi connectivity index (χ2n) is 7.31. The Morgan fingerprint density at radius 1 is 1.03 bits per heavy atom. The molecule has 2 aromatic carbocycles. The summed E-state index contributed by atoms with van der Waals surface area (Å²) in [4.78, 5) is 24.6. The van der Waals surface area contributed by atoms with Gasteiger partial charge in [0.05, 0.1) is 23.3 Å². The van der Waals surface area contributed by atoms with E-state index in [4.69, 9.17) is 21.1 Å². The highest BCUT2D eigenvalue weighted by Crippen LogP contribution is 2.27. The Balaban J connectivity index is 1.59. The third-order valence-electron chi connectivity index (χ3n) is 5.06. The fourth-order valence-electron chi connectivity index (χ4n) is 3.37. The van der Waals surface area contributed by atoms with Crippen molar-refractivity contribution in [1.29, 1.82) is 0 Å². The summed E-state index contributed by atoms with van der Waals surface area (Å²) in [6.07, 6.45) is 3.72. The SMILES string of the molecule is COc1ccc(Cl)cc1NC(=O)COC(=O)c1ccc(S(=O)(=O)N2CCCCCC2)cc1. The van der Waals surface area contributed by atoms with Gasteiger partial charge in [-0.3, -0.25) is 4.79 Å². The number of amides is 1. The van der Waals surface area contributed by atoms with E-state index in [0.29, 0.717) is 29.5 Å². The summed E-state index contributed by atoms with van der Waals surface area (Å²) in [5.41, 5.74) is 0.497. The third-order valence-corrected chi connectivity index (χ3v) is 7.21. The number of methoxy groups -OCH3 is 1. The molecule has 172 valence electrons. The molecular formula is C22H25ClN2O6S. The molecule has 0 atom stereocenters. The minimum absolute atomic E-state index is 0.127. The fourth-order valence-corrected chi connectivity index (χ4v) is 5.06. The van der Waals surface area contributed by atoms with Crippen LogP contribution in [0.2, 0.25) is 5.02 Å². The molecule has 1 heterocycles. The lowest BCUT2D eigenvalue weighted by atomic mass is 10.2. The van der Waals surface area contributed by atoms with E-state index in [0.717, 1.165) is 25.7 Å². The summed E-state index contributed by atoms with van der Waals surface area (Å²) in [5, 5.41) is 2.98. The maximum atomic E-state index is 12.8. The number of ether oxygens (including phenoxy) is 2. The van der Waals surface area contributed by atoms with Gasteiger partial charge in [-0.1, -0.05) is 24.4 Å². The predicted octanol–water partition coefficient (Wildman–Crippen LogP) is 3.71. The molecule has 0 aromatic heterocycles. The number of anilines is 1. The summed E-state index contributed by atoms with van der Waals surface area (Å²) in [6, 6.07) is 10.3. The van der Waals surface area contributed by atoms with Gasteiger partial charge in [-0.05, 0) is 55.3 Å². The van der Waals surface area contributed by atoms with Gasteiger partial charge in [0, 0.05) is 18.1 Å². The Morgan fingerprint density at radius 3 is 2.31 bits per heavy atom. The largest absolute Gasteiger partial charge is 0.495 e. The van der Waals surface area contributed by atoms with Crippen LogP contribution in [0.15, 0.2) is 47.4 Å². The van der Waals surface area contributed by atoms with Gasteiger partial charge >= 0.3 is 5.97 Å². The lowest BCUT2D eigenvalue weighted by molar-refractivity contribution is -0.119. The van der Waals surface area contributed by atoms with Gasteiger partial charge in [0.2, 0.25) is 10.0 Å². The van der Waals surface area contributed by atoms with Crippen LogP contribution in [0.25, 0.3) is 0 Å². The Bertz CT molecular complexity index is 1060. The summed E-state index contributed by atoms with van der Waals surface area (Å²) >= 11 is 5.93. The average Bonchev–Trinajstić information content (AvgIpc) is 3.08. The van der Waals surface area contributed by atoms with Gasteiger partial charge in [-0.25, -0.2) is 13.2 Å². The number of hydrogen-bond donors (Lipinski definition) is 1. The molecule has 10 heteroatoms. The maximum absolute atomic E-state index is 12.8. The number of carbonyl (C=O) groups excluding carboxylic acids is 2. The van der Waals surface area contributed by atoms with Crippen LogP contribution in [0.1, 0.15) is 36.0 Å². The van der Waals surface area contributed by atoms with Crippen LogP contribution in [0.3, 0.4) is 0 Å². The fraction of sp³-hybridized carbons (Fsp3) is 0.364. The number of esters is 1. The van der Waals surface area contributed by atoms with Crippen LogP contribution in [0.5, 0.6) is 5.75 Å². The molecule has 1 saturated heterocycles. The van der Waals surface area contributed by atoms with E-state index in [1.54, 1.807) is 12.1 Å². The Hall–Kier alpha value is -2.62. The summed E-state index contributed by atoms with van der Waals surface area (Å²) in [7, 11) is -2.15. The molecule has 1 aliphatic heterocycles. The lowest BCUT2D eigenvalue weighted by Crippen LogP contribution is -2.31. The quantitative estimate of drug-likeness (QED) is 0.606. The van der Waals surface area contributed by atoms with E-state index in [1.807, 2.05) is 0 Å². The molecule has 3 rings (SSSR count). The highest BCUT2D eigenvalue weighted by atomic mass is 35.5. The van der Waals surface area contributed by atoms with Crippen LogP contribution in [-0.2, 0) is 19.6 Å². The van der Waals surface area contributed by atoms with E-state index < -0.39 is 28.5 Å². The molecule has 0 spiro atoms. The number of nitrogens with one attached hydrogen (secondary N) is 1. The second kappa shape index (κ2) is 10.8. The van der Waals surface area contributed by atoms with Crippen molar-refractivity contribution in [2.75, 3.05) is 32.1 Å². The monoisotopic (exact) mass is 480 g/mol. The van der Waals surface area contributed by atoms with Crippen LogP contribution in [0, 0.1) is 0 Å². The zero-order chi connectivity index (χ0) is 23.1. The summed E-state index contributed by atoms with van der Waals surface area (Å²) in [6.45, 7) is 0.472. The molecule has 0 aliphatic carbocycles. The third kappa shape index (κ3) is 5.99.